The molecule has 1 atom stereocenters. The van der Waals surface area contributed by atoms with Crippen LogP contribution < -0.4 is 9.62 Å². The molecule has 0 aliphatic carbocycles. The molecular formula is C36H40ClN3O4S2. The Morgan fingerprint density at radius 1 is 0.891 bits per heavy atom. The number of benzene rings is 4. The van der Waals surface area contributed by atoms with Gasteiger partial charge in [-0.3, -0.25) is 13.9 Å². The fourth-order valence-corrected chi connectivity index (χ4v) is 7.00. The number of sulfonamides is 1. The molecule has 0 saturated heterocycles. The quantitative estimate of drug-likeness (QED) is 0.107. The Labute approximate surface area is 282 Å². The minimum absolute atomic E-state index is 0.0153. The molecule has 0 bridgehead atoms. The molecule has 1 N–H and O–H groups in total. The van der Waals surface area contributed by atoms with E-state index >= 15 is 0 Å². The maximum absolute atomic E-state index is 14.5. The van der Waals surface area contributed by atoms with Crippen molar-refractivity contribution in [3.63, 3.8) is 0 Å². The maximum Gasteiger partial charge on any atom is 0.264 e. The molecule has 0 radical (unpaired) electrons. The van der Waals surface area contributed by atoms with E-state index in [0.717, 1.165) is 33.2 Å². The van der Waals surface area contributed by atoms with Gasteiger partial charge in [0.05, 0.1) is 10.6 Å². The molecule has 4 rings (SSSR count). The summed E-state index contributed by atoms with van der Waals surface area (Å²) in [5.74, 6) is -0.841. The van der Waals surface area contributed by atoms with Crippen molar-refractivity contribution in [2.24, 2.45) is 0 Å². The average Bonchev–Trinajstić information content (AvgIpc) is 3.07. The Balaban J connectivity index is 1.79. The molecule has 242 valence electrons. The van der Waals surface area contributed by atoms with E-state index in [0.29, 0.717) is 22.8 Å². The van der Waals surface area contributed by atoms with E-state index < -0.39 is 28.5 Å². The number of nitrogens with one attached hydrogen (secondary N) is 1. The number of nitrogens with zero attached hydrogens (tertiary/aromatic N) is 2. The van der Waals surface area contributed by atoms with E-state index in [-0.39, 0.29) is 23.8 Å². The Morgan fingerprint density at radius 2 is 1.54 bits per heavy atom. The third-order valence-electron chi connectivity index (χ3n) is 7.65. The fraction of sp³-hybridized carbons (Fsp3) is 0.278. The van der Waals surface area contributed by atoms with Crippen molar-refractivity contribution in [1.29, 1.82) is 0 Å². The van der Waals surface area contributed by atoms with Crippen LogP contribution in [0.25, 0.3) is 0 Å². The molecule has 2 amide bonds. The highest BCUT2D eigenvalue weighted by atomic mass is 35.5. The van der Waals surface area contributed by atoms with Crippen molar-refractivity contribution in [3.8, 4) is 0 Å². The van der Waals surface area contributed by atoms with Gasteiger partial charge in [0, 0.05) is 29.4 Å². The molecule has 0 aliphatic heterocycles. The lowest BCUT2D eigenvalue weighted by atomic mass is 10.0. The zero-order valence-electron chi connectivity index (χ0n) is 26.4. The van der Waals surface area contributed by atoms with Crippen LogP contribution in [0.4, 0.5) is 5.69 Å². The van der Waals surface area contributed by atoms with E-state index in [1.807, 2.05) is 56.5 Å². The molecule has 0 heterocycles. The topological polar surface area (TPSA) is 86.8 Å². The SMILES string of the molecule is CCCCNC(=O)C(Cc1ccccc1)N(Cc1ccccc1Cl)C(=O)CN(c1ccc(C)cc1)S(=O)(=O)c1ccc(SC)cc1. The fourth-order valence-electron chi connectivity index (χ4n) is 4.98. The minimum Gasteiger partial charge on any atom is -0.354 e. The predicted molar refractivity (Wildman–Crippen MR) is 188 cm³/mol. The molecule has 0 saturated carbocycles. The van der Waals surface area contributed by atoms with Gasteiger partial charge in [-0.2, -0.15) is 0 Å². The molecule has 4 aromatic carbocycles. The number of rotatable bonds is 15. The van der Waals surface area contributed by atoms with Crippen molar-refractivity contribution in [3.05, 3.63) is 125 Å². The highest BCUT2D eigenvalue weighted by Gasteiger charge is 2.34. The summed E-state index contributed by atoms with van der Waals surface area (Å²) in [6.45, 7) is 3.90. The van der Waals surface area contributed by atoms with Gasteiger partial charge >= 0.3 is 0 Å². The van der Waals surface area contributed by atoms with Gasteiger partial charge in [-0.1, -0.05) is 91.2 Å². The molecular weight excluding hydrogens is 638 g/mol. The van der Waals surface area contributed by atoms with Crippen molar-refractivity contribution < 1.29 is 18.0 Å². The molecule has 4 aromatic rings. The summed E-state index contributed by atoms with van der Waals surface area (Å²) in [7, 11) is -4.17. The molecule has 10 heteroatoms. The van der Waals surface area contributed by atoms with Gasteiger partial charge in [-0.25, -0.2) is 8.42 Å². The monoisotopic (exact) mass is 677 g/mol. The zero-order valence-corrected chi connectivity index (χ0v) is 28.7. The highest BCUT2D eigenvalue weighted by Crippen LogP contribution is 2.27. The van der Waals surface area contributed by atoms with E-state index in [1.54, 1.807) is 66.7 Å². The van der Waals surface area contributed by atoms with Crippen LogP contribution >= 0.6 is 23.4 Å². The number of amides is 2. The first-order valence-electron chi connectivity index (χ1n) is 15.2. The van der Waals surface area contributed by atoms with E-state index in [2.05, 4.69) is 5.32 Å². The van der Waals surface area contributed by atoms with E-state index in [9.17, 15) is 18.0 Å². The molecule has 1 unspecified atom stereocenters. The van der Waals surface area contributed by atoms with Crippen LogP contribution in [0.3, 0.4) is 0 Å². The van der Waals surface area contributed by atoms with Crippen LogP contribution in [0.15, 0.2) is 113 Å². The lowest BCUT2D eigenvalue weighted by molar-refractivity contribution is -0.140. The summed E-state index contributed by atoms with van der Waals surface area (Å²) in [5, 5.41) is 3.44. The van der Waals surface area contributed by atoms with Gasteiger partial charge in [-0.05, 0) is 73.2 Å². The Hall–Kier alpha value is -3.79. The van der Waals surface area contributed by atoms with Gasteiger partial charge < -0.3 is 10.2 Å². The van der Waals surface area contributed by atoms with Crippen molar-refractivity contribution >= 4 is 50.9 Å². The van der Waals surface area contributed by atoms with E-state index in [4.69, 9.17) is 11.6 Å². The molecule has 46 heavy (non-hydrogen) atoms. The predicted octanol–water partition coefficient (Wildman–Crippen LogP) is 7.12. The summed E-state index contributed by atoms with van der Waals surface area (Å²) in [4.78, 5) is 30.8. The molecule has 0 aromatic heterocycles. The second-order valence-electron chi connectivity index (χ2n) is 11.0. The first-order chi connectivity index (χ1) is 22.1. The lowest BCUT2D eigenvalue weighted by Crippen LogP contribution is -2.53. The summed E-state index contributed by atoms with van der Waals surface area (Å²) in [6.07, 6.45) is 3.84. The largest absolute Gasteiger partial charge is 0.354 e. The minimum atomic E-state index is -4.17. The van der Waals surface area contributed by atoms with Crippen LogP contribution in [0.5, 0.6) is 0 Å². The van der Waals surface area contributed by atoms with Crippen LogP contribution in [-0.4, -0.2) is 50.5 Å². The van der Waals surface area contributed by atoms with Crippen LogP contribution in [-0.2, 0) is 32.6 Å². The Bertz CT molecular complexity index is 1700. The van der Waals surface area contributed by atoms with Gasteiger partial charge in [0.15, 0.2) is 0 Å². The molecule has 0 fully saturated rings. The number of carbonyl (C=O) groups is 2. The first kappa shape index (κ1) is 35.1. The number of hydrogen-bond acceptors (Lipinski definition) is 5. The van der Waals surface area contributed by atoms with Crippen LogP contribution in [0.1, 0.15) is 36.5 Å². The summed E-state index contributed by atoms with van der Waals surface area (Å²) < 4.78 is 29.5. The first-order valence-corrected chi connectivity index (χ1v) is 18.3. The molecule has 0 spiro atoms. The Morgan fingerprint density at radius 3 is 2.17 bits per heavy atom. The number of halogens is 1. The standard InChI is InChI=1S/C36H40ClN3O4S2/c1-4-5-23-38-36(42)34(24-28-11-7-6-8-12-28)39(25-29-13-9-10-14-33(29)37)35(41)26-40(30-17-15-27(2)16-18-30)46(43,44)32-21-19-31(45-3)20-22-32/h6-22,34H,4-5,23-26H2,1-3H3,(H,38,42). The number of aryl methyl sites for hydroxylation is 1. The summed E-state index contributed by atoms with van der Waals surface area (Å²) in [6, 6.07) is 29.3. The lowest BCUT2D eigenvalue weighted by Gasteiger charge is -2.34. The highest BCUT2D eigenvalue weighted by molar-refractivity contribution is 7.98. The Kier molecular flexibility index (Phi) is 12.7. The van der Waals surface area contributed by atoms with Gasteiger partial charge in [-0.15, -0.1) is 11.8 Å². The zero-order chi connectivity index (χ0) is 33.1. The van der Waals surface area contributed by atoms with Gasteiger partial charge in [0.1, 0.15) is 12.6 Å². The normalized spacial score (nSPS) is 11.9. The molecule has 7 nitrogen and oxygen atoms in total. The summed E-state index contributed by atoms with van der Waals surface area (Å²) in [5.41, 5.74) is 2.81. The summed E-state index contributed by atoms with van der Waals surface area (Å²) >= 11 is 8.07. The van der Waals surface area contributed by atoms with Crippen LogP contribution in [0, 0.1) is 6.92 Å². The number of thioether (sulfide) groups is 1. The van der Waals surface area contributed by atoms with Crippen molar-refractivity contribution in [2.45, 2.75) is 55.5 Å². The van der Waals surface area contributed by atoms with E-state index in [1.165, 1.54) is 16.7 Å². The molecule has 0 aliphatic rings. The number of anilines is 1. The number of carbonyl (C=O) groups excluding carboxylic acids is 2. The van der Waals surface area contributed by atoms with Gasteiger partial charge in [0.2, 0.25) is 11.8 Å². The van der Waals surface area contributed by atoms with Gasteiger partial charge in [0.25, 0.3) is 10.0 Å². The second-order valence-corrected chi connectivity index (χ2v) is 14.1. The van der Waals surface area contributed by atoms with Crippen LogP contribution in [0.2, 0.25) is 5.02 Å². The second kappa shape index (κ2) is 16.7. The smallest absolute Gasteiger partial charge is 0.264 e. The number of hydrogen-bond donors (Lipinski definition) is 1. The number of unbranched alkanes of at least 4 members (excludes halogenated alkanes) is 1. The maximum atomic E-state index is 14.5. The van der Waals surface area contributed by atoms with Crippen molar-refractivity contribution in [2.75, 3.05) is 23.7 Å². The van der Waals surface area contributed by atoms with Crippen molar-refractivity contribution in [1.82, 2.24) is 10.2 Å². The third kappa shape index (κ3) is 9.15. The average molecular weight is 678 g/mol. The third-order valence-corrected chi connectivity index (χ3v) is 10.5.